The van der Waals surface area contributed by atoms with Crippen LogP contribution in [0.25, 0.3) is 0 Å². The molecule has 0 saturated carbocycles. The molecular weight excluding hydrogens is 248 g/mol. The fraction of sp³-hybridized carbons (Fsp3) is 0.647. The normalized spacial score (nSPS) is 17.8. The molecule has 3 heteroatoms. The lowest BCUT2D eigenvalue weighted by molar-refractivity contribution is 0.108. The predicted molar refractivity (Wildman–Crippen MR) is 83.8 cm³/mol. The lowest BCUT2D eigenvalue weighted by atomic mass is 10.0. The van der Waals surface area contributed by atoms with E-state index in [9.17, 15) is 5.11 Å². The first kappa shape index (κ1) is 15.5. The topological polar surface area (TPSA) is 35.5 Å². The van der Waals surface area contributed by atoms with Crippen molar-refractivity contribution >= 4 is 0 Å². The number of rotatable bonds is 6. The molecule has 0 fully saturated rings. The number of fused-ring (bicyclic) bond motifs is 1. The van der Waals surface area contributed by atoms with Crippen molar-refractivity contribution in [3.8, 4) is 0 Å². The number of hydrogen-bond acceptors (Lipinski definition) is 3. The molecule has 0 aromatic heterocycles. The predicted octanol–water partition coefficient (Wildman–Crippen LogP) is 2.04. The first-order valence-corrected chi connectivity index (χ1v) is 7.83. The van der Waals surface area contributed by atoms with Gasteiger partial charge in [0, 0.05) is 19.6 Å². The molecule has 0 amide bonds. The molecule has 1 aromatic rings. The first-order chi connectivity index (χ1) is 9.65. The van der Waals surface area contributed by atoms with Crippen LogP contribution >= 0.6 is 0 Å². The van der Waals surface area contributed by atoms with Gasteiger partial charge in [-0.1, -0.05) is 38.1 Å². The van der Waals surface area contributed by atoms with Crippen molar-refractivity contribution in [2.75, 3.05) is 26.2 Å². The van der Waals surface area contributed by atoms with Crippen molar-refractivity contribution in [2.24, 2.45) is 5.92 Å². The van der Waals surface area contributed by atoms with Crippen molar-refractivity contribution in [3.63, 3.8) is 0 Å². The van der Waals surface area contributed by atoms with Crippen LogP contribution in [0.1, 0.15) is 31.4 Å². The zero-order valence-corrected chi connectivity index (χ0v) is 12.8. The summed E-state index contributed by atoms with van der Waals surface area (Å²) in [7, 11) is 0. The Hall–Kier alpha value is -0.900. The number of aryl methyl sites for hydroxylation is 1. The average Bonchev–Trinajstić information content (AvgIpc) is 2.59. The second-order valence-corrected chi connectivity index (χ2v) is 6.31. The van der Waals surface area contributed by atoms with Gasteiger partial charge in [0.15, 0.2) is 0 Å². The molecule has 2 rings (SSSR count). The Balaban J connectivity index is 1.81. The quantitative estimate of drug-likeness (QED) is 0.834. The summed E-state index contributed by atoms with van der Waals surface area (Å²) < 4.78 is 0. The van der Waals surface area contributed by atoms with Gasteiger partial charge in [0.05, 0.1) is 6.10 Å². The molecule has 0 radical (unpaired) electrons. The molecule has 1 unspecified atom stereocenters. The molecule has 0 saturated heterocycles. The molecule has 20 heavy (non-hydrogen) atoms. The van der Waals surface area contributed by atoms with Gasteiger partial charge in [0.2, 0.25) is 0 Å². The Morgan fingerprint density at radius 2 is 1.95 bits per heavy atom. The van der Waals surface area contributed by atoms with E-state index >= 15 is 0 Å². The zero-order chi connectivity index (χ0) is 14.4. The summed E-state index contributed by atoms with van der Waals surface area (Å²) in [5, 5.41) is 13.5. The standard InChI is InChI=1S/C17H28N2O/c1-14(2)10-18-11-17(20)13-19-9-5-8-15-6-3-4-7-16(15)12-19/h3-4,6-7,14,17-18,20H,5,8-13H2,1-2H3. The van der Waals surface area contributed by atoms with Crippen LogP contribution in [-0.4, -0.2) is 42.3 Å². The van der Waals surface area contributed by atoms with E-state index in [1.54, 1.807) is 0 Å². The van der Waals surface area contributed by atoms with Gasteiger partial charge in [-0.25, -0.2) is 0 Å². The third-order valence-corrected chi connectivity index (χ3v) is 3.83. The van der Waals surface area contributed by atoms with Crippen LogP contribution in [0.4, 0.5) is 0 Å². The van der Waals surface area contributed by atoms with Gasteiger partial charge in [-0.3, -0.25) is 4.90 Å². The highest BCUT2D eigenvalue weighted by molar-refractivity contribution is 5.28. The second-order valence-electron chi connectivity index (χ2n) is 6.31. The summed E-state index contributed by atoms with van der Waals surface area (Å²) >= 11 is 0. The van der Waals surface area contributed by atoms with Crippen LogP contribution < -0.4 is 5.32 Å². The van der Waals surface area contributed by atoms with Crippen LogP contribution in [0.2, 0.25) is 0 Å². The number of nitrogens with one attached hydrogen (secondary N) is 1. The highest BCUT2D eigenvalue weighted by atomic mass is 16.3. The molecule has 1 heterocycles. The van der Waals surface area contributed by atoms with E-state index in [4.69, 9.17) is 0 Å². The molecular formula is C17H28N2O. The summed E-state index contributed by atoms with van der Waals surface area (Å²) in [6, 6.07) is 8.69. The minimum absolute atomic E-state index is 0.279. The van der Waals surface area contributed by atoms with Gasteiger partial charge in [0.1, 0.15) is 0 Å². The van der Waals surface area contributed by atoms with Gasteiger partial charge in [0.25, 0.3) is 0 Å². The number of aliphatic hydroxyl groups excluding tert-OH is 1. The number of nitrogens with zero attached hydrogens (tertiary/aromatic N) is 1. The molecule has 1 aromatic carbocycles. The smallest absolute Gasteiger partial charge is 0.0791 e. The fourth-order valence-electron chi connectivity index (χ4n) is 2.83. The summed E-state index contributed by atoms with van der Waals surface area (Å²) in [5.74, 6) is 0.632. The second kappa shape index (κ2) is 7.77. The molecule has 3 nitrogen and oxygen atoms in total. The summed E-state index contributed by atoms with van der Waals surface area (Å²) in [6.07, 6.45) is 2.07. The molecule has 1 aliphatic heterocycles. The van der Waals surface area contributed by atoms with Crippen molar-refractivity contribution in [2.45, 2.75) is 39.3 Å². The van der Waals surface area contributed by atoms with Crippen LogP contribution in [-0.2, 0) is 13.0 Å². The number of β-amino-alcohol motifs (C(OH)–C–C–N with tert-alkyl or cyclic N) is 1. The fourth-order valence-corrected chi connectivity index (χ4v) is 2.83. The number of hydrogen-bond donors (Lipinski definition) is 2. The maximum absolute atomic E-state index is 10.1. The Labute approximate surface area is 123 Å². The molecule has 112 valence electrons. The average molecular weight is 276 g/mol. The Morgan fingerprint density at radius 3 is 2.70 bits per heavy atom. The van der Waals surface area contributed by atoms with E-state index in [0.717, 1.165) is 32.6 Å². The molecule has 0 spiro atoms. The summed E-state index contributed by atoms with van der Waals surface area (Å²) in [6.45, 7) is 8.85. The van der Waals surface area contributed by atoms with E-state index in [0.29, 0.717) is 12.5 Å². The van der Waals surface area contributed by atoms with E-state index in [1.807, 2.05) is 0 Å². The van der Waals surface area contributed by atoms with Gasteiger partial charge in [-0.2, -0.15) is 0 Å². The summed E-state index contributed by atoms with van der Waals surface area (Å²) in [5.41, 5.74) is 2.90. The van der Waals surface area contributed by atoms with Crippen molar-refractivity contribution in [1.82, 2.24) is 10.2 Å². The molecule has 2 N–H and O–H groups in total. The van der Waals surface area contributed by atoms with Crippen LogP contribution in [0.15, 0.2) is 24.3 Å². The third kappa shape index (κ3) is 4.89. The van der Waals surface area contributed by atoms with Crippen molar-refractivity contribution < 1.29 is 5.11 Å². The minimum Gasteiger partial charge on any atom is -0.390 e. The van der Waals surface area contributed by atoms with Crippen LogP contribution in [0, 0.1) is 5.92 Å². The zero-order valence-electron chi connectivity index (χ0n) is 12.8. The van der Waals surface area contributed by atoms with E-state index in [2.05, 4.69) is 48.3 Å². The van der Waals surface area contributed by atoms with E-state index in [-0.39, 0.29) is 6.10 Å². The lowest BCUT2D eigenvalue weighted by Gasteiger charge is -2.24. The van der Waals surface area contributed by atoms with Crippen LogP contribution in [0.3, 0.4) is 0 Å². The number of benzene rings is 1. The summed E-state index contributed by atoms with van der Waals surface area (Å²) in [4.78, 5) is 2.38. The van der Waals surface area contributed by atoms with Crippen molar-refractivity contribution in [3.05, 3.63) is 35.4 Å². The minimum atomic E-state index is -0.279. The maximum Gasteiger partial charge on any atom is 0.0791 e. The Morgan fingerprint density at radius 1 is 1.20 bits per heavy atom. The molecule has 0 bridgehead atoms. The van der Waals surface area contributed by atoms with Crippen LogP contribution in [0.5, 0.6) is 0 Å². The monoisotopic (exact) mass is 276 g/mol. The van der Waals surface area contributed by atoms with Crippen molar-refractivity contribution in [1.29, 1.82) is 0 Å². The highest BCUT2D eigenvalue weighted by Crippen LogP contribution is 2.18. The van der Waals surface area contributed by atoms with E-state index < -0.39 is 0 Å². The molecule has 1 atom stereocenters. The van der Waals surface area contributed by atoms with Gasteiger partial charge in [-0.15, -0.1) is 0 Å². The van der Waals surface area contributed by atoms with Gasteiger partial charge in [-0.05, 0) is 43.0 Å². The molecule has 1 aliphatic rings. The Bertz CT molecular complexity index is 406. The third-order valence-electron chi connectivity index (χ3n) is 3.83. The van der Waals surface area contributed by atoms with Gasteiger partial charge >= 0.3 is 0 Å². The lowest BCUT2D eigenvalue weighted by Crippen LogP contribution is -2.39. The Kier molecular flexibility index (Phi) is 6.02. The maximum atomic E-state index is 10.1. The molecule has 0 aliphatic carbocycles. The number of aliphatic hydroxyl groups is 1. The van der Waals surface area contributed by atoms with Gasteiger partial charge < -0.3 is 10.4 Å². The first-order valence-electron chi connectivity index (χ1n) is 7.83. The van der Waals surface area contributed by atoms with E-state index in [1.165, 1.54) is 17.5 Å². The largest absolute Gasteiger partial charge is 0.390 e. The SMILES string of the molecule is CC(C)CNCC(O)CN1CCCc2ccccc2C1. The highest BCUT2D eigenvalue weighted by Gasteiger charge is 2.16.